The summed E-state index contributed by atoms with van der Waals surface area (Å²) in [4.78, 5) is 31.0. The van der Waals surface area contributed by atoms with Crippen LogP contribution >= 0.6 is 0 Å². The van der Waals surface area contributed by atoms with Gasteiger partial charge in [0.1, 0.15) is 5.82 Å². The summed E-state index contributed by atoms with van der Waals surface area (Å²) in [5.74, 6) is 1.65. The number of carbonyl (C=O) groups is 1. The smallest absolute Gasteiger partial charge is 0.225 e. The van der Waals surface area contributed by atoms with Crippen LogP contribution in [0, 0.1) is 0 Å². The number of rotatable bonds is 6. The third-order valence-electron chi connectivity index (χ3n) is 5.19. The molecule has 0 amide bonds. The molecule has 0 radical (unpaired) electrons. The second-order valence-corrected chi connectivity index (χ2v) is 7.75. The molecule has 4 rings (SSSR count). The monoisotopic (exact) mass is 402 g/mol. The first-order valence-electron chi connectivity index (χ1n) is 10.1. The van der Waals surface area contributed by atoms with E-state index in [2.05, 4.69) is 68.0 Å². The Kier molecular flexibility index (Phi) is 5.99. The van der Waals surface area contributed by atoms with Crippen molar-refractivity contribution < 1.29 is 4.79 Å². The van der Waals surface area contributed by atoms with Gasteiger partial charge < -0.3 is 14.7 Å². The van der Waals surface area contributed by atoms with Gasteiger partial charge in [0.25, 0.3) is 0 Å². The number of hydrogen-bond donors (Lipinski definition) is 0. The highest BCUT2D eigenvalue weighted by Gasteiger charge is 2.20. The average Bonchev–Trinajstić information content (AvgIpc) is 2.79. The fraction of sp³-hybridized carbons (Fsp3) is 0.304. The lowest BCUT2D eigenvalue weighted by Gasteiger charge is -2.35. The number of benzene rings is 1. The van der Waals surface area contributed by atoms with E-state index in [1.807, 2.05) is 18.5 Å². The molecule has 0 aliphatic carbocycles. The third kappa shape index (κ3) is 4.63. The number of hydrogen-bond acceptors (Lipinski definition) is 7. The number of carbonyl (C=O) groups excluding carboxylic acids is 1. The molecule has 0 bridgehead atoms. The third-order valence-corrected chi connectivity index (χ3v) is 5.19. The summed E-state index contributed by atoms with van der Waals surface area (Å²) < 4.78 is 0. The van der Waals surface area contributed by atoms with E-state index < -0.39 is 0 Å². The fourth-order valence-electron chi connectivity index (χ4n) is 3.64. The predicted molar refractivity (Wildman–Crippen MR) is 119 cm³/mol. The molecule has 3 heterocycles. The standard InChI is InChI=1S/C23H26N6O/c1-27(2)16-18-4-3-5-20(12-18)21-14-25-23(26-15-21)29-10-8-28(9-11-29)22-7-6-19(17-30)13-24-22/h3-7,12-15,17H,8-11,16H2,1-2H3. The van der Waals surface area contributed by atoms with Crippen LogP contribution in [-0.4, -0.2) is 66.4 Å². The van der Waals surface area contributed by atoms with Gasteiger partial charge in [-0.25, -0.2) is 15.0 Å². The van der Waals surface area contributed by atoms with Gasteiger partial charge in [-0.1, -0.05) is 18.2 Å². The maximum absolute atomic E-state index is 10.8. The van der Waals surface area contributed by atoms with Gasteiger partial charge in [-0.05, 0) is 43.4 Å². The number of aromatic nitrogens is 3. The second kappa shape index (κ2) is 9.00. The van der Waals surface area contributed by atoms with E-state index in [1.165, 1.54) is 5.56 Å². The first kappa shape index (κ1) is 20.0. The quantitative estimate of drug-likeness (QED) is 0.588. The van der Waals surface area contributed by atoms with Gasteiger partial charge >= 0.3 is 0 Å². The summed E-state index contributed by atoms with van der Waals surface area (Å²) >= 11 is 0. The summed E-state index contributed by atoms with van der Waals surface area (Å²) in [5.41, 5.74) is 4.03. The average molecular weight is 403 g/mol. The van der Waals surface area contributed by atoms with Gasteiger partial charge in [0.15, 0.2) is 6.29 Å². The largest absolute Gasteiger partial charge is 0.353 e. The van der Waals surface area contributed by atoms with Gasteiger partial charge in [0.05, 0.1) is 0 Å². The predicted octanol–water partition coefficient (Wildman–Crippen LogP) is 2.74. The van der Waals surface area contributed by atoms with E-state index in [-0.39, 0.29) is 0 Å². The van der Waals surface area contributed by atoms with Crippen molar-refractivity contribution in [3.63, 3.8) is 0 Å². The van der Waals surface area contributed by atoms with Crippen molar-refractivity contribution in [1.29, 1.82) is 0 Å². The van der Waals surface area contributed by atoms with E-state index in [9.17, 15) is 4.79 Å². The molecule has 1 aromatic carbocycles. The topological polar surface area (TPSA) is 65.5 Å². The first-order valence-corrected chi connectivity index (χ1v) is 10.1. The van der Waals surface area contributed by atoms with E-state index in [4.69, 9.17) is 0 Å². The molecule has 1 aliphatic heterocycles. The molecule has 3 aromatic rings. The zero-order valence-electron chi connectivity index (χ0n) is 17.4. The van der Waals surface area contributed by atoms with Gasteiger partial charge in [-0.15, -0.1) is 0 Å². The minimum atomic E-state index is 0.595. The second-order valence-electron chi connectivity index (χ2n) is 7.75. The Bertz CT molecular complexity index is 979. The highest BCUT2D eigenvalue weighted by Crippen LogP contribution is 2.22. The molecular weight excluding hydrogens is 376 g/mol. The van der Waals surface area contributed by atoms with Gasteiger partial charge in [-0.3, -0.25) is 4.79 Å². The van der Waals surface area contributed by atoms with Gasteiger partial charge in [0.2, 0.25) is 5.95 Å². The van der Waals surface area contributed by atoms with Crippen LogP contribution in [-0.2, 0) is 6.54 Å². The molecule has 2 aromatic heterocycles. The minimum absolute atomic E-state index is 0.595. The van der Waals surface area contributed by atoms with Crippen LogP contribution in [0.25, 0.3) is 11.1 Å². The molecule has 0 spiro atoms. The van der Waals surface area contributed by atoms with Crippen molar-refractivity contribution in [3.05, 3.63) is 66.1 Å². The Labute approximate surface area is 177 Å². The summed E-state index contributed by atoms with van der Waals surface area (Å²) in [7, 11) is 4.14. The van der Waals surface area contributed by atoms with Crippen LogP contribution in [0.4, 0.5) is 11.8 Å². The van der Waals surface area contributed by atoms with E-state index in [0.717, 1.165) is 61.9 Å². The zero-order chi connectivity index (χ0) is 20.9. The highest BCUT2D eigenvalue weighted by molar-refractivity contribution is 5.74. The van der Waals surface area contributed by atoms with Crippen LogP contribution in [0.1, 0.15) is 15.9 Å². The molecule has 1 fully saturated rings. The summed E-state index contributed by atoms with van der Waals surface area (Å²) in [6.07, 6.45) is 6.24. The highest BCUT2D eigenvalue weighted by atomic mass is 16.1. The molecule has 7 nitrogen and oxygen atoms in total. The maximum Gasteiger partial charge on any atom is 0.225 e. The molecule has 0 unspecified atom stereocenters. The molecule has 7 heteroatoms. The van der Waals surface area contributed by atoms with Crippen molar-refractivity contribution >= 4 is 18.1 Å². The number of nitrogens with zero attached hydrogens (tertiary/aromatic N) is 6. The molecule has 0 atom stereocenters. The molecule has 30 heavy (non-hydrogen) atoms. The van der Waals surface area contributed by atoms with E-state index in [1.54, 1.807) is 12.3 Å². The van der Waals surface area contributed by atoms with Crippen molar-refractivity contribution in [2.24, 2.45) is 0 Å². The lowest BCUT2D eigenvalue weighted by Crippen LogP contribution is -2.47. The summed E-state index contributed by atoms with van der Waals surface area (Å²) in [6, 6.07) is 12.2. The SMILES string of the molecule is CN(C)Cc1cccc(-c2cnc(N3CCN(c4ccc(C=O)cn4)CC3)nc2)c1. The van der Waals surface area contributed by atoms with Crippen LogP contribution < -0.4 is 9.80 Å². The number of pyridine rings is 1. The normalized spacial score (nSPS) is 14.2. The Morgan fingerprint density at radius 1 is 0.900 bits per heavy atom. The van der Waals surface area contributed by atoms with Crippen LogP contribution in [0.3, 0.4) is 0 Å². The van der Waals surface area contributed by atoms with Gasteiger partial charge in [0, 0.05) is 62.4 Å². The number of aldehydes is 1. The number of piperazine rings is 1. The van der Waals surface area contributed by atoms with Crippen LogP contribution in [0.2, 0.25) is 0 Å². The number of anilines is 2. The first-order chi connectivity index (χ1) is 14.6. The van der Waals surface area contributed by atoms with Crippen molar-refractivity contribution in [2.45, 2.75) is 6.54 Å². The van der Waals surface area contributed by atoms with Crippen LogP contribution in [0.15, 0.2) is 55.0 Å². The Morgan fingerprint density at radius 2 is 1.63 bits per heavy atom. The van der Waals surface area contributed by atoms with Crippen molar-refractivity contribution in [2.75, 3.05) is 50.1 Å². The molecular formula is C23H26N6O. The molecule has 1 aliphatic rings. The molecule has 0 N–H and O–H groups in total. The Morgan fingerprint density at radius 3 is 2.27 bits per heavy atom. The summed E-state index contributed by atoms with van der Waals surface area (Å²) in [6.45, 7) is 4.24. The van der Waals surface area contributed by atoms with Crippen LogP contribution in [0.5, 0.6) is 0 Å². The molecule has 1 saturated heterocycles. The molecule has 154 valence electrons. The lowest BCUT2D eigenvalue weighted by atomic mass is 10.1. The van der Waals surface area contributed by atoms with E-state index in [0.29, 0.717) is 5.56 Å². The Balaban J connectivity index is 1.39. The van der Waals surface area contributed by atoms with Crippen molar-refractivity contribution in [3.8, 4) is 11.1 Å². The minimum Gasteiger partial charge on any atom is -0.353 e. The lowest BCUT2D eigenvalue weighted by molar-refractivity contribution is 0.112. The van der Waals surface area contributed by atoms with E-state index >= 15 is 0 Å². The molecule has 0 saturated carbocycles. The Hall–Kier alpha value is -3.32. The maximum atomic E-state index is 10.8. The zero-order valence-corrected chi connectivity index (χ0v) is 17.4. The fourth-order valence-corrected chi connectivity index (χ4v) is 3.64. The van der Waals surface area contributed by atoms with Crippen molar-refractivity contribution in [1.82, 2.24) is 19.9 Å². The van der Waals surface area contributed by atoms with Gasteiger partial charge in [-0.2, -0.15) is 0 Å². The summed E-state index contributed by atoms with van der Waals surface area (Å²) in [5, 5.41) is 0.